The van der Waals surface area contributed by atoms with E-state index in [0.717, 1.165) is 22.2 Å². The van der Waals surface area contributed by atoms with Crippen LogP contribution in [0.4, 0.5) is 0 Å². The van der Waals surface area contributed by atoms with Gasteiger partial charge in [-0.2, -0.15) is 0 Å². The highest BCUT2D eigenvalue weighted by molar-refractivity contribution is 6.31. The molecule has 0 aliphatic carbocycles. The molecule has 4 aromatic rings. The van der Waals surface area contributed by atoms with Crippen LogP contribution in [-0.2, 0) is 11.3 Å². The molecule has 3 aromatic carbocycles. The van der Waals surface area contributed by atoms with Gasteiger partial charge in [0.15, 0.2) is 0 Å². The largest absolute Gasteiger partial charge is 0.507 e. The van der Waals surface area contributed by atoms with Crippen molar-refractivity contribution in [1.82, 2.24) is 4.57 Å². The van der Waals surface area contributed by atoms with Crippen molar-refractivity contribution in [3.8, 4) is 5.75 Å². The van der Waals surface area contributed by atoms with Crippen molar-refractivity contribution in [2.45, 2.75) is 13.5 Å². The molecule has 0 amide bonds. The summed E-state index contributed by atoms with van der Waals surface area (Å²) in [6, 6.07) is 16.8. The molecule has 4 rings (SSSR count). The van der Waals surface area contributed by atoms with Crippen LogP contribution in [0.2, 0.25) is 5.02 Å². The predicted octanol–water partition coefficient (Wildman–Crippen LogP) is 5.30. The Balaban J connectivity index is 2.11. The summed E-state index contributed by atoms with van der Waals surface area (Å²) in [4.78, 5) is 12.3. The van der Waals surface area contributed by atoms with Gasteiger partial charge in [-0.3, -0.25) is 0 Å². The Labute approximate surface area is 161 Å². The van der Waals surface area contributed by atoms with Crippen molar-refractivity contribution in [1.29, 1.82) is 0 Å². The number of ether oxygens (including phenoxy) is 1. The number of hydrogen-bond donors (Lipinski definition) is 1. The van der Waals surface area contributed by atoms with Gasteiger partial charge in [0.25, 0.3) is 0 Å². The summed E-state index contributed by atoms with van der Waals surface area (Å²) in [5, 5.41) is 12.7. The van der Waals surface area contributed by atoms with Crippen molar-refractivity contribution < 1.29 is 14.6 Å². The van der Waals surface area contributed by atoms with Gasteiger partial charge >= 0.3 is 5.97 Å². The van der Waals surface area contributed by atoms with E-state index in [9.17, 15) is 9.90 Å². The number of carbonyl (C=O) groups excluding carboxylic acids is 1. The summed E-state index contributed by atoms with van der Waals surface area (Å²) in [5.41, 5.74) is 4.01. The molecule has 0 unspecified atom stereocenters. The number of halogens is 1. The lowest BCUT2D eigenvalue weighted by Crippen LogP contribution is -2.03. The second-order valence-corrected chi connectivity index (χ2v) is 6.95. The van der Waals surface area contributed by atoms with Crippen molar-refractivity contribution in [3.05, 3.63) is 76.3 Å². The lowest BCUT2D eigenvalue weighted by molar-refractivity contribution is 0.0603. The van der Waals surface area contributed by atoms with Gasteiger partial charge < -0.3 is 14.4 Å². The molecule has 27 heavy (non-hydrogen) atoms. The van der Waals surface area contributed by atoms with E-state index < -0.39 is 5.97 Å². The zero-order valence-electron chi connectivity index (χ0n) is 15.0. The second kappa shape index (κ2) is 6.63. The van der Waals surface area contributed by atoms with Crippen LogP contribution in [0.25, 0.3) is 21.8 Å². The molecule has 0 radical (unpaired) electrons. The highest BCUT2D eigenvalue weighted by Crippen LogP contribution is 2.38. The number of aromatic hydroxyl groups is 1. The molecule has 0 aliphatic heterocycles. The lowest BCUT2D eigenvalue weighted by Gasteiger charge is -2.10. The smallest absolute Gasteiger partial charge is 0.338 e. The molecule has 1 aromatic heterocycles. The maximum absolute atomic E-state index is 12.3. The van der Waals surface area contributed by atoms with E-state index in [0.29, 0.717) is 27.9 Å². The number of carbonyl (C=O) groups is 1. The molecular weight excluding hydrogens is 362 g/mol. The minimum Gasteiger partial charge on any atom is -0.507 e. The lowest BCUT2D eigenvalue weighted by atomic mass is 10.0. The molecule has 0 aliphatic rings. The van der Waals surface area contributed by atoms with E-state index in [1.807, 2.05) is 49.4 Å². The molecule has 0 spiro atoms. The van der Waals surface area contributed by atoms with Gasteiger partial charge in [0.2, 0.25) is 0 Å². The first-order valence-corrected chi connectivity index (χ1v) is 8.95. The van der Waals surface area contributed by atoms with E-state index in [2.05, 4.69) is 4.57 Å². The third kappa shape index (κ3) is 2.82. The number of phenolic OH excluding ortho intramolecular Hbond substituents is 1. The average molecular weight is 380 g/mol. The highest BCUT2D eigenvalue weighted by atomic mass is 35.5. The number of rotatable bonds is 3. The molecule has 1 heterocycles. The van der Waals surface area contributed by atoms with Crippen molar-refractivity contribution in [2.75, 3.05) is 7.11 Å². The number of aromatic nitrogens is 1. The standard InChI is InChI=1S/C22H18ClNO3/c1-13-10-18-21(19(25)11-13)20-15(22(26)27-2)7-5-9-17(20)24(18)12-14-6-3-4-8-16(14)23/h3-11,25H,12H2,1-2H3. The van der Waals surface area contributed by atoms with Crippen LogP contribution in [0.3, 0.4) is 0 Å². The van der Waals surface area contributed by atoms with Gasteiger partial charge in [-0.15, -0.1) is 0 Å². The molecule has 0 bridgehead atoms. The monoisotopic (exact) mass is 379 g/mol. The van der Waals surface area contributed by atoms with Crippen molar-refractivity contribution in [3.63, 3.8) is 0 Å². The van der Waals surface area contributed by atoms with Crippen LogP contribution < -0.4 is 0 Å². The SMILES string of the molecule is COC(=O)c1cccc2c1c1c(O)cc(C)cc1n2Cc1ccccc1Cl. The molecule has 136 valence electrons. The average Bonchev–Trinajstić information content (AvgIpc) is 2.96. The van der Waals surface area contributed by atoms with Crippen LogP contribution in [0.5, 0.6) is 5.75 Å². The zero-order chi connectivity index (χ0) is 19.1. The van der Waals surface area contributed by atoms with Crippen LogP contribution in [0.1, 0.15) is 21.5 Å². The second-order valence-electron chi connectivity index (χ2n) is 6.55. The number of esters is 1. The van der Waals surface area contributed by atoms with Gasteiger partial charge in [0.05, 0.1) is 29.1 Å². The maximum Gasteiger partial charge on any atom is 0.338 e. The van der Waals surface area contributed by atoms with Crippen LogP contribution >= 0.6 is 11.6 Å². The predicted molar refractivity (Wildman–Crippen MR) is 108 cm³/mol. The van der Waals surface area contributed by atoms with Crippen molar-refractivity contribution >= 4 is 39.4 Å². The number of phenols is 1. The molecule has 1 N–H and O–H groups in total. The number of aryl methyl sites for hydroxylation is 1. The van der Waals surface area contributed by atoms with Crippen LogP contribution in [0, 0.1) is 6.92 Å². The number of fused-ring (bicyclic) bond motifs is 3. The summed E-state index contributed by atoms with van der Waals surface area (Å²) in [6.07, 6.45) is 0. The number of hydrogen-bond acceptors (Lipinski definition) is 3. The van der Waals surface area contributed by atoms with E-state index in [1.54, 1.807) is 12.1 Å². The highest BCUT2D eigenvalue weighted by Gasteiger charge is 2.21. The van der Waals surface area contributed by atoms with Crippen molar-refractivity contribution in [2.24, 2.45) is 0 Å². The Morgan fingerprint density at radius 2 is 1.85 bits per heavy atom. The topological polar surface area (TPSA) is 51.5 Å². The fourth-order valence-corrected chi connectivity index (χ4v) is 3.82. The fourth-order valence-electron chi connectivity index (χ4n) is 3.62. The van der Waals surface area contributed by atoms with Crippen LogP contribution in [-0.4, -0.2) is 22.8 Å². The zero-order valence-corrected chi connectivity index (χ0v) is 15.7. The molecule has 0 saturated carbocycles. The van der Waals surface area contributed by atoms with Gasteiger partial charge in [-0.25, -0.2) is 4.79 Å². The molecule has 0 fully saturated rings. The molecule has 0 saturated heterocycles. The molecular formula is C22H18ClNO3. The fraction of sp³-hybridized carbons (Fsp3) is 0.136. The number of benzene rings is 3. The minimum absolute atomic E-state index is 0.143. The van der Waals surface area contributed by atoms with Crippen LogP contribution in [0.15, 0.2) is 54.6 Å². The molecule has 4 nitrogen and oxygen atoms in total. The van der Waals surface area contributed by atoms with Gasteiger partial charge in [-0.05, 0) is 48.4 Å². The summed E-state index contributed by atoms with van der Waals surface area (Å²) in [6.45, 7) is 2.45. The van der Waals surface area contributed by atoms with Gasteiger partial charge in [0, 0.05) is 17.0 Å². The van der Waals surface area contributed by atoms with E-state index in [4.69, 9.17) is 16.3 Å². The van der Waals surface area contributed by atoms with Gasteiger partial charge in [0.1, 0.15) is 5.75 Å². The number of methoxy groups -OCH3 is 1. The molecule has 5 heteroatoms. The van der Waals surface area contributed by atoms with Gasteiger partial charge in [-0.1, -0.05) is 35.9 Å². The summed E-state index contributed by atoms with van der Waals surface area (Å²) < 4.78 is 7.03. The normalized spacial score (nSPS) is 11.2. The Morgan fingerprint density at radius 3 is 2.59 bits per heavy atom. The Kier molecular flexibility index (Phi) is 4.28. The van der Waals surface area contributed by atoms with E-state index in [1.165, 1.54) is 7.11 Å². The Morgan fingerprint density at radius 1 is 1.07 bits per heavy atom. The summed E-state index contributed by atoms with van der Waals surface area (Å²) >= 11 is 6.37. The third-order valence-corrected chi connectivity index (χ3v) is 5.18. The first kappa shape index (κ1) is 17.4. The van der Waals surface area contributed by atoms with E-state index in [-0.39, 0.29) is 5.75 Å². The van der Waals surface area contributed by atoms with E-state index >= 15 is 0 Å². The Bertz CT molecular complexity index is 1190. The summed E-state index contributed by atoms with van der Waals surface area (Å²) in [7, 11) is 1.36. The number of nitrogens with zero attached hydrogens (tertiary/aromatic N) is 1. The molecule has 0 atom stereocenters. The minimum atomic E-state index is -0.433. The third-order valence-electron chi connectivity index (χ3n) is 4.81. The summed E-state index contributed by atoms with van der Waals surface area (Å²) in [5.74, 6) is -0.290. The maximum atomic E-state index is 12.3. The quantitative estimate of drug-likeness (QED) is 0.491. The first-order valence-electron chi connectivity index (χ1n) is 8.57. The Hall–Kier alpha value is -2.98. The first-order chi connectivity index (χ1) is 13.0.